The van der Waals surface area contributed by atoms with Crippen LogP contribution in [0.1, 0.15) is 55.9 Å². The maximum absolute atomic E-state index is 13.3. The fourth-order valence-electron chi connectivity index (χ4n) is 5.41. The highest BCUT2D eigenvalue weighted by atomic mass is 16.3. The topological polar surface area (TPSA) is 79.6 Å². The minimum Gasteiger partial charge on any atom is -0.455 e. The Morgan fingerprint density at radius 3 is 2.52 bits per heavy atom. The van der Waals surface area contributed by atoms with Crippen molar-refractivity contribution >= 4 is 28.8 Å². The van der Waals surface area contributed by atoms with Gasteiger partial charge in [-0.2, -0.15) is 0 Å². The number of aldehydes is 1. The number of benzene rings is 4. The summed E-state index contributed by atoms with van der Waals surface area (Å²) in [6.07, 6.45) is 0.821. The first-order valence-corrected chi connectivity index (χ1v) is 13.3. The van der Waals surface area contributed by atoms with E-state index in [1.165, 1.54) is 6.07 Å². The summed E-state index contributed by atoms with van der Waals surface area (Å²) in [5.74, 6) is 0.443. The quantitative estimate of drug-likeness (QED) is 0.232. The number of amides is 1. The summed E-state index contributed by atoms with van der Waals surface area (Å²) >= 11 is 0. The van der Waals surface area contributed by atoms with Gasteiger partial charge in [0.05, 0.1) is 11.4 Å². The Morgan fingerprint density at radius 1 is 0.950 bits per heavy atom. The first-order chi connectivity index (χ1) is 19.4. The van der Waals surface area contributed by atoms with E-state index in [0.717, 1.165) is 34.1 Å². The fraction of sp³-hybridized carbons (Fsp3) is 0.147. The standard InChI is InChI=1S/C34H28N2O4/c1-21-14-28(22(2)35-30-11-7-6-10-25(30)20-37)33-29(15-21)31(38)17-32(40-33)24-12-13-27-26(16-24)19-36(34(27)39)18-23-8-4-3-5-9-23/h3-17,20,22,35H,18-19H2,1-2H3. The van der Waals surface area contributed by atoms with Crippen LogP contribution in [0.15, 0.2) is 100 Å². The Morgan fingerprint density at radius 2 is 1.73 bits per heavy atom. The third kappa shape index (κ3) is 4.69. The zero-order valence-electron chi connectivity index (χ0n) is 22.3. The van der Waals surface area contributed by atoms with Gasteiger partial charge < -0.3 is 14.6 Å². The molecule has 0 spiro atoms. The highest BCUT2D eigenvalue weighted by molar-refractivity contribution is 5.99. The number of carbonyl (C=O) groups excluding carboxylic acids is 2. The van der Waals surface area contributed by atoms with E-state index in [9.17, 15) is 14.4 Å². The maximum atomic E-state index is 13.3. The van der Waals surface area contributed by atoms with E-state index in [1.807, 2.05) is 97.6 Å². The second kappa shape index (κ2) is 10.3. The highest BCUT2D eigenvalue weighted by Gasteiger charge is 2.28. The molecule has 198 valence electrons. The van der Waals surface area contributed by atoms with Crippen molar-refractivity contribution in [3.8, 4) is 11.3 Å². The molecule has 1 amide bonds. The van der Waals surface area contributed by atoms with E-state index in [4.69, 9.17) is 4.42 Å². The van der Waals surface area contributed by atoms with E-state index >= 15 is 0 Å². The van der Waals surface area contributed by atoms with Gasteiger partial charge in [-0.15, -0.1) is 0 Å². The lowest BCUT2D eigenvalue weighted by atomic mass is 9.99. The fourth-order valence-corrected chi connectivity index (χ4v) is 5.41. The lowest BCUT2D eigenvalue weighted by molar-refractivity contribution is 0.0766. The number of rotatable bonds is 7. The zero-order chi connectivity index (χ0) is 27.8. The van der Waals surface area contributed by atoms with Gasteiger partial charge in [0.1, 0.15) is 11.3 Å². The molecule has 1 aromatic heterocycles. The molecule has 0 radical (unpaired) electrons. The lowest BCUT2D eigenvalue weighted by Gasteiger charge is -2.19. The molecule has 0 bridgehead atoms. The lowest BCUT2D eigenvalue weighted by Crippen LogP contribution is -2.23. The molecular formula is C34H28N2O4. The molecule has 0 saturated heterocycles. The molecule has 1 aliphatic rings. The molecule has 40 heavy (non-hydrogen) atoms. The van der Waals surface area contributed by atoms with Crippen LogP contribution in [-0.2, 0) is 13.1 Å². The molecule has 1 atom stereocenters. The Bertz CT molecular complexity index is 1820. The molecular weight excluding hydrogens is 500 g/mol. The predicted molar refractivity (Wildman–Crippen MR) is 157 cm³/mol. The van der Waals surface area contributed by atoms with Crippen molar-refractivity contribution in [1.82, 2.24) is 4.90 Å². The van der Waals surface area contributed by atoms with E-state index in [1.54, 1.807) is 6.07 Å². The molecule has 2 heterocycles. The Labute approximate surface area is 231 Å². The van der Waals surface area contributed by atoms with Gasteiger partial charge >= 0.3 is 0 Å². The molecule has 6 nitrogen and oxygen atoms in total. The van der Waals surface area contributed by atoms with Gasteiger partial charge in [0, 0.05) is 47.1 Å². The highest BCUT2D eigenvalue weighted by Crippen LogP contribution is 2.33. The molecule has 1 N–H and O–H groups in total. The van der Waals surface area contributed by atoms with Crippen molar-refractivity contribution in [3.63, 3.8) is 0 Å². The van der Waals surface area contributed by atoms with Crippen molar-refractivity contribution in [2.24, 2.45) is 0 Å². The number of para-hydroxylation sites is 1. The average Bonchev–Trinajstić information content (AvgIpc) is 3.27. The summed E-state index contributed by atoms with van der Waals surface area (Å²) < 4.78 is 6.43. The third-order valence-electron chi connectivity index (χ3n) is 7.41. The minimum atomic E-state index is -0.244. The number of hydrogen-bond donors (Lipinski definition) is 1. The van der Waals surface area contributed by atoms with Crippen LogP contribution in [0.4, 0.5) is 5.69 Å². The van der Waals surface area contributed by atoms with Crippen molar-refractivity contribution in [3.05, 3.63) is 135 Å². The summed E-state index contributed by atoms with van der Waals surface area (Å²) in [5, 5.41) is 3.90. The van der Waals surface area contributed by atoms with E-state index in [2.05, 4.69) is 5.32 Å². The molecule has 0 aliphatic carbocycles. The Kier molecular flexibility index (Phi) is 6.52. The summed E-state index contributed by atoms with van der Waals surface area (Å²) in [7, 11) is 0. The monoisotopic (exact) mass is 528 g/mol. The molecule has 1 aliphatic heterocycles. The smallest absolute Gasteiger partial charge is 0.254 e. The Hall–Kier alpha value is -4.97. The van der Waals surface area contributed by atoms with Gasteiger partial charge in [-0.3, -0.25) is 14.4 Å². The van der Waals surface area contributed by atoms with Crippen LogP contribution in [0.25, 0.3) is 22.3 Å². The second-order valence-corrected chi connectivity index (χ2v) is 10.3. The van der Waals surface area contributed by atoms with Crippen LogP contribution in [-0.4, -0.2) is 17.1 Å². The molecule has 6 heteroatoms. The molecule has 1 unspecified atom stereocenters. The number of nitrogens with zero attached hydrogens (tertiary/aromatic N) is 1. The number of nitrogens with one attached hydrogen (secondary N) is 1. The molecule has 6 rings (SSSR count). The maximum Gasteiger partial charge on any atom is 0.254 e. The second-order valence-electron chi connectivity index (χ2n) is 10.3. The largest absolute Gasteiger partial charge is 0.455 e. The van der Waals surface area contributed by atoms with E-state index < -0.39 is 0 Å². The number of fused-ring (bicyclic) bond motifs is 2. The third-order valence-corrected chi connectivity index (χ3v) is 7.41. The summed E-state index contributed by atoms with van der Waals surface area (Å²) in [6, 6.07) is 27.9. The van der Waals surface area contributed by atoms with Crippen LogP contribution >= 0.6 is 0 Å². The summed E-state index contributed by atoms with van der Waals surface area (Å²) in [6.45, 7) is 4.96. The van der Waals surface area contributed by atoms with Gasteiger partial charge in [-0.1, -0.05) is 54.6 Å². The predicted octanol–water partition coefficient (Wildman–Crippen LogP) is 6.91. The first kappa shape index (κ1) is 25.3. The van der Waals surface area contributed by atoms with E-state index in [-0.39, 0.29) is 17.4 Å². The molecule has 5 aromatic rings. The molecule has 4 aromatic carbocycles. The minimum absolute atomic E-state index is 0.00127. The molecule has 0 fully saturated rings. The molecule has 0 saturated carbocycles. The van der Waals surface area contributed by atoms with Crippen LogP contribution in [0, 0.1) is 6.92 Å². The first-order valence-electron chi connectivity index (χ1n) is 13.3. The zero-order valence-corrected chi connectivity index (χ0v) is 22.3. The van der Waals surface area contributed by atoms with Gasteiger partial charge in [0.15, 0.2) is 11.7 Å². The summed E-state index contributed by atoms with van der Waals surface area (Å²) in [5.41, 5.74) is 6.79. The van der Waals surface area contributed by atoms with Gasteiger partial charge in [0.25, 0.3) is 5.91 Å². The normalized spacial score (nSPS) is 13.3. The van der Waals surface area contributed by atoms with Crippen LogP contribution in [0.5, 0.6) is 0 Å². The van der Waals surface area contributed by atoms with Crippen LogP contribution in [0.2, 0.25) is 0 Å². The SMILES string of the molecule is Cc1cc(C(C)Nc2ccccc2C=O)c2oc(-c3ccc4c(c3)CN(Cc3ccccc3)C4=O)cc(=O)c2c1. The van der Waals surface area contributed by atoms with Gasteiger partial charge in [0.2, 0.25) is 0 Å². The number of hydrogen-bond acceptors (Lipinski definition) is 5. The Balaban J connectivity index is 1.36. The number of anilines is 1. The summed E-state index contributed by atoms with van der Waals surface area (Å²) in [4.78, 5) is 39.7. The van der Waals surface area contributed by atoms with Crippen molar-refractivity contribution in [1.29, 1.82) is 0 Å². The van der Waals surface area contributed by atoms with Crippen molar-refractivity contribution < 1.29 is 14.0 Å². The van der Waals surface area contributed by atoms with Gasteiger partial charge in [-0.25, -0.2) is 0 Å². The van der Waals surface area contributed by atoms with E-state index in [0.29, 0.717) is 46.6 Å². The van der Waals surface area contributed by atoms with Gasteiger partial charge in [-0.05, 0) is 60.9 Å². The van der Waals surface area contributed by atoms with Crippen molar-refractivity contribution in [2.45, 2.75) is 33.0 Å². The number of carbonyl (C=O) groups is 2. The van der Waals surface area contributed by atoms with Crippen molar-refractivity contribution in [2.75, 3.05) is 5.32 Å². The number of aryl methyl sites for hydroxylation is 1. The van der Waals surface area contributed by atoms with Crippen LogP contribution < -0.4 is 10.7 Å². The van der Waals surface area contributed by atoms with Crippen LogP contribution in [0.3, 0.4) is 0 Å². The average molecular weight is 529 g/mol.